The van der Waals surface area contributed by atoms with Crippen LogP contribution in [0.4, 0.5) is 4.39 Å². The lowest BCUT2D eigenvalue weighted by Crippen LogP contribution is -2.40. The number of hydrogen-bond acceptors (Lipinski definition) is 6. The van der Waals surface area contributed by atoms with Crippen molar-refractivity contribution in [1.29, 1.82) is 0 Å². The zero-order valence-corrected chi connectivity index (χ0v) is 16.0. The van der Waals surface area contributed by atoms with Crippen LogP contribution < -0.4 is 5.56 Å². The number of aromatic nitrogens is 4. The Kier molecular flexibility index (Phi) is 4.99. The van der Waals surface area contributed by atoms with Gasteiger partial charge in [0.1, 0.15) is 16.5 Å². The maximum atomic E-state index is 14.0. The Balaban J connectivity index is 1.53. The highest BCUT2D eigenvalue weighted by molar-refractivity contribution is 7.14. The fourth-order valence-electron chi connectivity index (χ4n) is 3.28. The number of likely N-dealkylation sites (tertiary alicyclic amines) is 1. The van der Waals surface area contributed by atoms with Gasteiger partial charge in [-0.05, 0) is 31.0 Å². The molecule has 1 atom stereocenters. The average Bonchev–Trinajstić information content (AvgIpc) is 3.20. The van der Waals surface area contributed by atoms with Crippen LogP contribution in [0.2, 0.25) is 0 Å². The molecule has 1 fully saturated rings. The molecule has 4 rings (SSSR count). The molecule has 0 bridgehead atoms. The highest BCUT2D eigenvalue weighted by Gasteiger charge is 2.29. The molecule has 2 aromatic heterocycles. The van der Waals surface area contributed by atoms with Gasteiger partial charge >= 0.3 is 0 Å². The number of aryl methyl sites for hydroxylation is 1. The normalized spacial score (nSPS) is 16.9. The lowest BCUT2D eigenvalue weighted by Gasteiger charge is -2.31. The molecule has 0 spiro atoms. The van der Waals surface area contributed by atoms with E-state index in [2.05, 4.69) is 15.3 Å². The predicted molar refractivity (Wildman–Crippen MR) is 103 cm³/mol. The van der Waals surface area contributed by atoms with Gasteiger partial charge in [-0.2, -0.15) is 5.10 Å². The van der Waals surface area contributed by atoms with E-state index in [4.69, 9.17) is 0 Å². The van der Waals surface area contributed by atoms with Gasteiger partial charge in [0.2, 0.25) is 0 Å². The Morgan fingerprint density at radius 2 is 2.04 bits per heavy atom. The molecule has 1 aliphatic heterocycles. The van der Waals surface area contributed by atoms with Gasteiger partial charge in [-0.1, -0.05) is 23.5 Å². The Morgan fingerprint density at radius 1 is 1.21 bits per heavy atom. The lowest BCUT2D eigenvalue weighted by atomic mass is 9.98. The maximum Gasteiger partial charge on any atom is 0.274 e. The third kappa shape index (κ3) is 3.57. The minimum absolute atomic E-state index is 0.0447. The lowest BCUT2D eigenvalue weighted by molar-refractivity contribution is 0.0698. The minimum atomic E-state index is -0.327. The van der Waals surface area contributed by atoms with E-state index >= 15 is 0 Å². The number of halogens is 1. The minimum Gasteiger partial charge on any atom is -0.337 e. The number of nitrogens with zero attached hydrogens (tertiary/aromatic N) is 5. The molecular weight excluding hydrogens is 381 g/mol. The molecule has 0 unspecified atom stereocenters. The molecule has 0 saturated carbocycles. The molecule has 28 heavy (non-hydrogen) atoms. The van der Waals surface area contributed by atoms with E-state index in [1.807, 2.05) is 0 Å². The summed E-state index contributed by atoms with van der Waals surface area (Å²) < 4.78 is 15.2. The maximum absolute atomic E-state index is 14.0. The third-order valence-corrected chi connectivity index (χ3v) is 5.90. The van der Waals surface area contributed by atoms with Crippen molar-refractivity contribution < 1.29 is 9.18 Å². The standard InChI is InChI=1S/C19H18FN5O2S/c1-24-16(26)9-8-15(23-24)19(27)25-10-4-5-12(11-25)17-21-22-18(28-17)13-6-2-3-7-14(13)20/h2-3,6-9,12H,4-5,10-11H2,1H3/t12-/m1/s1. The van der Waals surface area contributed by atoms with Gasteiger partial charge in [0.15, 0.2) is 5.01 Å². The largest absolute Gasteiger partial charge is 0.337 e. The Bertz CT molecular complexity index is 1080. The summed E-state index contributed by atoms with van der Waals surface area (Å²) in [5, 5.41) is 13.8. The molecule has 7 nitrogen and oxygen atoms in total. The summed E-state index contributed by atoms with van der Waals surface area (Å²) in [4.78, 5) is 26.0. The van der Waals surface area contributed by atoms with E-state index in [1.165, 1.54) is 36.6 Å². The van der Waals surface area contributed by atoms with Gasteiger partial charge < -0.3 is 4.90 Å². The summed E-state index contributed by atoms with van der Waals surface area (Å²) in [6.07, 6.45) is 1.72. The number of amides is 1. The second-order valence-corrected chi connectivity index (χ2v) is 7.71. The summed E-state index contributed by atoms with van der Waals surface area (Å²) in [6, 6.07) is 9.28. The average molecular weight is 399 g/mol. The molecule has 0 radical (unpaired) electrons. The molecule has 1 aliphatic rings. The fraction of sp³-hybridized carbons (Fsp3) is 0.316. The first-order valence-corrected chi connectivity index (χ1v) is 9.76. The number of rotatable bonds is 3. The molecule has 0 aliphatic carbocycles. The molecule has 9 heteroatoms. The molecule has 1 saturated heterocycles. The SMILES string of the molecule is Cn1nc(C(=O)N2CCC[C@@H](c3nnc(-c4ccccc4F)s3)C2)ccc1=O. The predicted octanol–water partition coefficient (Wildman–Crippen LogP) is 2.46. The number of hydrogen-bond donors (Lipinski definition) is 0. The molecular formula is C19H18FN5O2S. The summed E-state index contributed by atoms with van der Waals surface area (Å²) in [5.41, 5.74) is 0.416. The van der Waals surface area contributed by atoms with Crippen molar-refractivity contribution in [2.45, 2.75) is 18.8 Å². The first-order chi connectivity index (χ1) is 13.5. The van der Waals surface area contributed by atoms with Crippen LogP contribution >= 0.6 is 11.3 Å². The van der Waals surface area contributed by atoms with Crippen molar-refractivity contribution in [3.05, 3.63) is 63.3 Å². The topological polar surface area (TPSA) is 81.0 Å². The Hall–Kier alpha value is -2.94. The van der Waals surface area contributed by atoms with Crippen molar-refractivity contribution in [3.8, 4) is 10.6 Å². The first-order valence-electron chi connectivity index (χ1n) is 8.95. The van der Waals surface area contributed by atoms with Gasteiger partial charge in [-0.3, -0.25) is 9.59 Å². The fourth-order valence-corrected chi connectivity index (χ4v) is 4.28. The molecule has 1 aromatic carbocycles. The van der Waals surface area contributed by atoms with Gasteiger partial charge in [-0.15, -0.1) is 10.2 Å². The highest BCUT2D eigenvalue weighted by Crippen LogP contribution is 2.33. The highest BCUT2D eigenvalue weighted by atomic mass is 32.1. The molecule has 1 amide bonds. The van der Waals surface area contributed by atoms with E-state index in [1.54, 1.807) is 23.1 Å². The van der Waals surface area contributed by atoms with Crippen molar-refractivity contribution in [2.24, 2.45) is 7.05 Å². The van der Waals surface area contributed by atoms with Crippen molar-refractivity contribution >= 4 is 17.2 Å². The van der Waals surface area contributed by atoms with Crippen molar-refractivity contribution in [2.75, 3.05) is 13.1 Å². The molecule has 0 N–H and O–H groups in total. The second-order valence-electron chi connectivity index (χ2n) is 6.70. The smallest absolute Gasteiger partial charge is 0.274 e. The van der Waals surface area contributed by atoms with Crippen LogP contribution in [0.15, 0.2) is 41.2 Å². The second kappa shape index (κ2) is 7.59. The summed E-state index contributed by atoms with van der Waals surface area (Å²) in [5.74, 6) is -0.492. The van der Waals surface area contributed by atoms with Gasteiger partial charge in [0, 0.05) is 37.7 Å². The van der Waals surface area contributed by atoms with Crippen LogP contribution in [-0.4, -0.2) is 43.9 Å². The third-order valence-electron chi connectivity index (χ3n) is 4.78. The number of benzene rings is 1. The van der Waals surface area contributed by atoms with E-state index in [-0.39, 0.29) is 28.9 Å². The van der Waals surface area contributed by atoms with Gasteiger partial charge in [0.25, 0.3) is 11.5 Å². The number of piperidine rings is 1. The van der Waals surface area contributed by atoms with Crippen LogP contribution in [-0.2, 0) is 7.05 Å². The zero-order valence-electron chi connectivity index (χ0n) is 15.2. The van der Waals surface area contributed by atoms with Crippen LogP contribution in [0.1, 0.15) is 34.3 Å². The van der Waals surface area contributed by atoms with E-state index in [9.17, 15) is 14.0 Å². The Morgan fingerprint density at radius 3 is 2.82 bits per heavy atom. The van der Waals surface area contributed by atoms with Crippen LogP contribution in [0.25, 0.3) is 10.6 Å². The first kappa shape index (κ1) is 18.4. The van der Waals surface area contributed by atoms with E-state index < -0.39 is 0 Å². The molecule has 3 heterocycles. The molecule has 3 aromatic rings. The van der Waals surface area contributed by atoms with Crippen LogP contribution in [0, 0.1) is 5.82 Å². The van der Waals surface area contributed by atoms with Gasteiger partial charge in [-0.25, -0.2) is 9.07 Å². The quantitative estimate of drug-likeness (QED) is 0.676. The summed E-state index contributed by atoms with van der Waals surface area (Å²) in [6.45, 7) is 1.12. The van der Waals surface area contributed by atoms with Crippen LogP contribution in [0.5, 0.6) is 0 Å². The zero-order chi connectivity index (χ0) is 19.7. The van der Waals surface area contributed by atoms with Crippen molar-refractivity contribution in [3.63, 3.8) is 0 Å². The van der Waals surface area contributed by atoms with Crippen LogP contribution in [0.3, 0.4) is 0 Å². The van der Waals surface area contributed by atoms with Gasteiger partial charge in [0.05, 0.1) is 0 Å². The van der Waals surface area contributed by atoms with E-state index in [0.717, 1.165) is 22.5 Å². The Labute approximate surface area is 164 Å². The number of carbonyl (C=O) groups excluding carboxylic acids is 1. The summed E-state index contributed by atoms with van der Waals surface area (Å²) in [7, 11) is 1.52. The van der Waals surface area contributed by atoms with E-state index in [0.29, 0.717) is 23.7 Å². The monoisotopic (exact) mass is 399 g/mol. The number of carbonyl (C=O) groups is 1. The molecule has 144 valence electrons. The van der Waals surface area contributed by atoms with Crippen molar-refractivity contribution in [1.82, 2.24) is 24.9 Å². The summed E-state index contributed by atoms with van der Waals surface area (Å²) >= 11 is 1.36.